The standard InChI is InChI=1S/C32H43N3O3Si/c1-32(2,3)39(6,7)38-22-23-11-13-26(14-12-23)35(4)27-15-16-28-24(19-27)9-8-10-25(28)20-34-30-21-33-18-17-29(30)31(36)37-5/h11-19,21,25,34H,8-10,20,22H2,1-7H3/t25-/m0/s1. The van der Waals surface area contributed by atoms with Gasteiger partial charge in [-0.3, -0.25) is 4.98 Å². The molecule has 0 saturated carbocycles. The lowest BCUT2D eigenvalue weighted by molar-refractivity contribution is 0.0601. The number of methoxy groups -OCH3 is 1. The number of carbonyl (C=O) groups excluding carboxylic acids is 1. The van der Waals surface area contributed by atoms with Crippen LogP contribution in [-0.4, -0.2) is 40.0 Å². The minimum atomic E-state index is -1.77. The van der Waals surface area contributed by atoms with E-state index < -0.39 is 8.32 Å². The van der Waals surface area contributed by atoms with Gasteiger partial charge >= 0.3 is 5.97 Å². The number of rotatable bonds is 9. The molecule has 1 aromatic heterocycles. The van der Waals surface area contributed by atoms with E-state index in [0.29, 0.717) is 23.8 Å². The van der Waals surface area contributed by atoms with Gasteiger partial charge in [-0.25, -0.2) is 4.79 Å². The molecule has 6 nitrogen and oxygen atoms in total. The van der Waals surface area contributed by atoms with Crippen LogP contribution in [0.4, 0.5) is 17.1 Å². The van der Waals surface area contributed by atoms with Crippen molar-refractivity contribution < 1.29 is 14.0 Å². The Bertz CT molecular complexity index is 1280. The van der Waals surface area contributed by atoms with Crippen LogP contribution in [0, 0.1) is 0 Å². The predicted octanol–water partition coefficient (Wildman–Crippen LogP) is 7.69. The highest BCUT2D eigenvalue weighted by Gasteiger charge is 2.37. The number of carbonyl (C=O) groups is 1. The van der Waals surface area contributed by atoms with Crippen LogP contribution >= 0.6 is 0 Å². The summed E-state index contributed by atoms with van der Waals surface area (Å²) in [6.45, 7) is 12.8. The number of ether oxygens (including phenoxy) is 1. The number of benzene rings is 2. The van der Waals surface area contributed by atoms with Crippen molar-refractivity contribution >= 4 is 31.3 Å². The number of esters is 1. The molecule has 0 unspecified atom stereocenters. The zero-order chi connectivity index (χ0) is 28.2. The Kier molecular flexibility index (Phi) is 8.82. The van der Waals surface area contributed by atoms with Crippen LogP contribution in [0.15, 0.2) is 60.9 Å². The zero-order valence-corrected chi connectivity index (χ0v) is 25.5. The summed E-state index contributed by atoms with van der Waals surface area (Å²) in [7, 11) is 1.76. The van der Waals surface area contributed by atoms with Gasteiger partial charge < -0.3 is 19.4 Å². The van der Waals surface area contributed by atoms with E-state index in [1.54, 1.807) is 18.5 Å². The summed E-state index contributed by atoms with van der Waals surface area (Å²) >= 11 is 0. The van der Waals surface area contributed by atoms with E-state index in [0.717, 1.165) is 31.5 Å². The van der Waals surface area contributed by atoms with Gasteiger partial charge in [0.1, 0.15) is 0 Å². The number of aromatic nitrogens is 1. The van der Waals surface area contributed by atoms with Gasteiger partial charge in [-0.15, -0.1) is 0 Å². The van der Waals surface area contributed by atoms with Crippen LogP contribution in [-0.2, 0) is 22.2 Å². The van der Waals surface area contributed by atoms with E-state index >= 15 is 0 Å². The van der Waals surface area contributed by atoms with Crippen LogP contribution in [0.3, 0.4) is 0 Å². The normalized spacial score (nSPS) is 15.4. The molecule has 0 amide bonds. The van der Waals surface area contributed by atoms with Gasteiger partial charge in [-0.05, 0) is 84.4 Å². The smallest absolute Gasteiger partial charge is 0.340 e. The molecule has 0 fully saturated rings. The molecule has 0 saturated heterocycles. The topological polar surface area (TPSA) is 63.7 Å². The first-order chi connectivity index (χ1) is 18.5. The number of aryl methyl sites for hydroxylation is 1. The van der Waals surface area contributed by atoms with Crippen molar-refractivity contribution in [3.05, 3.63) is 83.2 Å². The quantitative estimate of drug-likeness (QED) is 0.220. The summed E-state index contributed by atoms with van der Waals surface area (Å²) in [5.74, 6) is 0.0202. The van der Waals surface area contributed by atoms with Crippen LogP contribution in [0.25, 0.3) is 0 Å². The lowest BCUT2D eigenvalue weighted by atomic mass is 9.82. The van der Waals surface area contributed by atoms with Crippen molar-refractivity contribution in [3.63, 3.8) is 0 Å². The fraction of sp³-hybridized carbons (Fsp3) is 0.438. The zero-order valence-electron chi connectivity index (χ0n) is 24.5. The monoisotopic (exact) mass is 545 g/mol. The highest BCUT2D eigenvalue weighted by Crippen LogP contribution is 2.38. The highest BCUT2D eigenvalue weighted by atomic mass is 28.4. The summed E-state index contributed by atoms with van der Waals surface area (Å²) in [5, 5.41) is 3.66. The molecular formula is C32H43N3O3Si. The first kappa shape index (κ1) is 28.8. The Balaban J connectivity index is 1.43. The number of nitrogens with zero attached hydrogens (tertiary/aromatic N) is 2. The fourth-order valence-corrected chi connectivity index (χ4v) is 5.78. The average Bonchev–Trinajstić information content (AvgIpc) is 2.93. The molecule has 7 heteroatoms. The molecule has 0 bridgehead atoms. The van der Waals surface area contributed by atoms with Crippen LogP contribution in [0.5, 0.6) is 0 Å². The molecule has 0 radical (unpaired) electrons. The minimum Gasteiger partial charge on any atom is -0.465 e. The van der Waals surface area contributed by atoms with Crippen molar-refractivity contribution in [1.29, 1.82) is 0 Å². The van der Waals surface area contributed by atoms with E-state index in [2.05, 4.69) is 98.6 Å². The van der Waals surface area contributed by atoms with Gasteiger partial charge in [0.25, 0.3) is 0 Å². The molecule has 39 heavy (non-hydrogen) atoms. The molecule has 1 aliphatic carbocycles. The lowest BCUT2D eigenvalue weighted by Gasteiger charge is -2.36. The average molecular weight is 546 g/mol. The number of hydrogen-bond donors (Lipinski definition) is 1. The minimum absolute atomic E-state index is 0.208. The summed E-state index contributed by atoms with van der Waals surface area (Å²) < 4.78 is 11.3. The van der Waals surface area contributed by atoms with E-state index in [9.17, 15) is 4.79 Å². The van der Waals surface area contributed by atoms with Crippen LogP contribution in [0.2, 0.25) is 18.1 Å². The highest BCUT2D eigenvalue weighted by molar-refractivity contribution is 6.74. The predicted molar refractivity (Wildman–Crippen MR) is 163 cm³/mol. The molecule has 1 aliphatic rings. The van der Waals surface area contributed by atoms with Crippen molar-refractivity contribution in [3.8, 4) is 0 Å². The maximum Gasteiger partial charge on any atom is 0.340 e. The number of fused-ring (bicyclic) bond motifs is 1. The SMILES string of the molecule is COC(=O)c1ccncc1NC[C@@H]1CCCc2cc(N(C)c3ccc(CO[Si](C)(C)C(C)(C)C)cc3)ccc21. The molecule has 1 N–H and O–H groups in total. The number of nitrogens with one attached hydrogen (secondary N) is 1. The molecule has 1 heterocycles. The second-order valence-corrected chi connectivity index (χ2v) is 16.8. The van der Waals surface area contributed by atoms with Gasteiger partial charge in [-0.1, -0.05) is 39.0 Å². The number of hydrogen-bond acceptors (Lipinski definition) is 6. The van der Waals surface area contributed by atoms with E-state index in [1.807, 2.05) is 0 Å². The van der Waals surface area contributed by atoms with Gasteiger partial charge in [0.15, 0.2) is 8.32 Å². The summed E-state index contributed by atoms with van der Waals surface area (Å²) in [5.41, 5.74) is 7.56. The third-order valence-corrected chi connectivity index (χ3v) is 12.9. The van der Waals surface area contributed by atoms with Gasteiger partial charge in [0.2, 0.25) is 0 Å². The van der Waals surface area contributed by atoms with E-state index in [1.165, 1.54) is 29.5 Å². The molecule has 3 aromatic rings. The Hall–Kier alpha value is -3.16. The number of anilines is 3. The fourth-order valence-electron chi connectivity index (χ4n) is 4.82. The first-order valence-electron chi connectivity index (χ1n) is 13.9. The Morgan fingerprint density at radius 1 is 1.10 bits per heavy atom. The third kappa shape index (κ3) is 6.71. The summed E-state index contributed by atoms with van der Waals surface area (Å²) in [4.78, 5) is 18.6. The lowest BCUT2D eigenvalue weighted by Crippen LogP contribution is -2.40. The Morgan fingerprint density at radius 3 is 2.51 bits per heavy atom. The maximum absolute atomic E-state index is 12.1. The van der Waals surface area contributed by atoms with E-state index in [-0.39, 0.29) is 11.0 Å². The molecule has 4 rings (SSSR count). The second-order valence-electron chi connectivity index (χ2n) is 12.0. The van der Waals surface area contributed by atoms with Crippen molar-refractivity contribution in [2.24, 2.45) is 0 Å². The van der Waals surface area contributed by atoms with Gasteiger partial charge in [-0.2, -0.15) is 0 Å². The van der Waals surface area contributed by atoms with Crippen LogP contribution in [0.1, 0.15) is 66.6 Å². The Morgan fingerprint density at radius 2 is 1.82 bits per heavy atom. The second kappa shape index (κ2) is 11.9. The maximum atomic E-state index is 12.1. The van der Waals surface area contributed by atoms with Crippen molar-refractivity contribution in [1.82, 2.24) is 4.98 Å². The van der Waals surface area contributed by atoms with Crippen molar-refractivity contribution in [2.75, 3.05) is 30.9 Å². The summed E-state index contributed by atoms with van der Waals surface area (Å²) in [6.07, 6.45) is 6.65. The van der Waals surface area contributed by atoms with Gasteiger partial charge in [0, 0.05) is 37.1 Å². The molecule has 1 atom stereocenters. The van der Waals surface area contributed by atoms with Crippen LogP contribution < -0.4 is 10.2 Å². The molecule has 208 valence electrons. The molecular weight excluding hydrogens is 502 g/mol. The molecule has 2 aromatic carbocycles. The largest absolute Gasteiger partial charge is 0.465 e. The number of pyridine rings is 1. The third-order valence-electron chi connectivity index (χ3n) is 8.45. The van der Waals surface area contributed by atoms with Crippen molar-refractivity contribution in [2.45, 2.75) is 70.7 Å². The summed E-state index contributed by atoms with van der Waals surface area (Å²) in [6, 6.07) is 17.2. The van der Waals surface area contributed by atoms with Gasteiger partial charge in [0.05, 0.1) is 31.2 Å². The van der Waals surface area contributed by atoms with E-state index in [4.69, 9.17) is 9.16 Å². The first-order valence-corrected chi connectivity index (χ1v) is 16.8. The molecule has 0 spiro atoms. The Labute approximate surface area is 234 Å². The molecule has 0 aliphatic heterocycles.